The van der Waals surface area contributed by atoms with Crippen LogP contribution in [0.4, 0.5) is 11.8 Å². The lowest BCUT2D eigenvalue weighted by Crippen LogP contribution is -2.29. The largest absolute Gasteiger partial charge is 0.286 e. The van der Waals surface area contributed by atoms with Gasteiger partial charge in [0.2, 0.25) is 5.95 Å². The Labute approximate surface area is 253 Å². The number of nitrogens with one attached hydrogen (secondary N) is 2. The summed E-state index contributed by atoms with van der Waals surface area (Å²) in [6, 6.07) is 30.6. The molecule has 2 aromatic carbocycles. The number of aryl methyl sites for hydroxylation is 2. The minimum atomic E-state index is 0.364. The molecule has 0 saturated heterocycles. The van der Waals surface area contributed by atoms with Crippen LogP contribution in [0.5, 0.6) is 0 Å². The highest BCUT2D eigenvalue weighted by molar-refractivity contribution is 5.82. The maximum absolute atomic E-state index is 4.43. The Hall–Kier alpha value is -6.16. The van der Waals surface area contributed by atoms with E-state index in [1.165, 1.54) is 0 Å². The Morgan fingerprint density at radius 1 is 0.636 bits per heavy atom. The topological polar surface area (TPSA) is 91.1 Å². The SMILES string of the molecule is C[n+]1c(-c2ccc(/C=N\Nc3ccnc(N/N=C/c4ccc(-c5cn6ccccc6[n+]5C)cc4)n3)cc2)cn2ccccc21. The zero-order chi connectivity index (χ0) is 29.9. The van der Waals surface area contributed by atoms with Gasteiger partial charge < -0.3 is 0 Å². The second-order valence-corrected chi connectivity index (χ2v) is 10.3. The lowest BCUT2D eigenvalue weighted by molar-refractivity contribution is -0.633. The van der Waals surface area contributed by atoms with E-state index in [4.69, 9.17) is 0 Å². The molecule has 0 atom stereocenters. The van der Waals surface area contributed by atoms with Gasteiger partial charge in [-0.25, -0.2) is 28.3 Å². The molecule has 0 unspecified atom stereocenters. The highest BCUT2D eigenvalue weighted by Crippen LogP contribution is 2.19. The van der Waals surface area contributed by atoms with Crippen molar-refractivity contribution in [1.82, 2.24) is 18.8 Å². The standard InChI is InChI=1S/C34H30N10/c1-41-29(23-43-19-5-3-7-32(41)43)27-13-9-25(10-14-27)21-36-39-31-17-18-35-34(38-31)40-37-22-26-11-15-28(16-12-26)30-24-44-20-6-4-8-33(44)42(30)2/h3-24H,1-2H3,(H2,35,38,39,40)/q+2/b36-21-,37-22+. The van der Waals surface area contributed by atoms with Crippen molar-refractivity contribution in [3.05, 3.63) is 133 Å². The first-order chi connectivity index (χ1) is 21.6. The number of hydrazone groups is 2. The van der Waals surface area contributed by atoms with Crippen LogP contribution in [0.25, 0.3) is 33.8 Å². The van der Waals surface area contributed by atoms with Crippen LogP contribution in [0.1, 0.15) is 11.1 Å². The second-order valence-electron chi connectivity index (χ2n) is 10.3. The third kappa shape index (κ3) is 5.39. The molecule has 7 aromatic rings. The molecule has 0 radical (unpaired) electrons. The van der Waals surface area contributed by atoms with E-state index in [0.717, 1.165) is 44.9 Å². The van der Waals surface area contributed by atoms with Crippen molar-refractivity contribution >= 4 is 35.5 Å². The van der Waals surface area contributed by atoms with E-state index in [1.54, 1.807) is 24.7 Å². The molecule has 0 saturated carbocycles. The molecule has 10 heteroatoms. The first kappa shape index (κ1) is 26.7. The molecule has 214 valence electrons. The van der Waals surface area contributed by atoms with Crippen LogP contribution < -0.4 is 20.0 Å². The molecule has 0 aliphatic carbocycles. The number of anilines is 2. The lowest BCUT2D eigenvalue weighted by Gasteiger charge is -2.03. The zero-order valence-corrected chi connectivity index (χ0v) is 24.3. The smallest absolute Gasteiger partial charge is 0.261 e. The van der Waals surface area contributed by atoms with E-state index in [0.29, 0.717) is 11.8 Å². The summed E-state index contributed by atoms with van der Waals surface area (Å²) in [6.45, 7) is 0. The fraction of sp³-hybridized carbons (Fsp3) is 0.0588. The van der Waals surface area contributed by atoms with Gasteiger partial charge in [0.1, 0.15) is 12.4 Å². The summed E-state index contributed by atoms with van der Waals surface area (Å²) in [4.78, 5) is 8.68. The average Bonchev–Trinajstić information content (AvgIpc) is 3.58. The Kier molecular flexibility index (Phi) is 7.05. The van der Waals surface area contributed by atoms with E-state index in [2.05, 4.69) is 124 Å². The minimum Gasteiger partial charge on any atom is -0.261 e. The Bertz CT molecular complexity index is 1990. The van der Waals surface area contributed by atoms with E-state index >= 15 is 0 Å². The predicted octanol–water partition coefficient (Wildman–Crippen LogP) is 4.86. The van der Waals surface area contributed by atoms with Gasteiger partial charge in [-0.1, -0.05) is 36.4 Å². The number of pyridine rings is 2. The summed E-state index contributed by atoms with van der Waals surface area (Å²) < 4.78 is 8.59. The van der Waals surface area contributed by atoms with Gasteiger partial charge in [0, 0.05) is 35.5 Å². The van der Waals surface area contributed by atoms with Gasteiger partial charge in [-0.05, 0) is 47.5 Å². The summed E-state index contributed by atoms with van der Waals surface area (Å²) in [6.07, 6.45) is 13.5. The molecule has 44 heavy (non-hydrogen) atoms. The monoisotopic (exact) mass is 578 g/mol. The molecule has 10 nitrogen and oxygen atoms in total. The van der Waals surface area contributed by atoms with Crippen molar-refractivity contribution in [2.24, 2.45) is 24.3 Å². The van der Waals surface area contributed by atoms with Gasteiger partial charge in [0.15, 0.2) is 17.2 Å². The van der Waals surface area contributed by atoms with Crippen LogP contribution >= 0.6 is 0 Å². The first-order valence-electron chi connectivity index (χ1n) is 14.2. The Morgan fingerprint density at radius 3 is 1.68 bits per heavy atom. The van der Waals surface area contributed by atoms with Gasteiger partial charge in [-0.2, -0.15) is 15.2 Å². The van der Waals surface area contributed by atoms with Crippen LogP contribution in [0.2, 0.25) is 0 Å². The first-order valence-corrected chi connectivity index (χ1v) is 14.2. The van der Waals surface area contributed by atoms with Crippen molar-refractivity contribution in [3.63, 3.8) is 0 Å². The molecule has 5 aromatic heterocycles. The molecule has 0 bridgehead atoms. The van der Waals surface area contributed by atoms with E-state index in [1.807, 2.05) is 48.5 Å². The molecule has 0 aliphatic rings. The number of hydrogen-bond acceptors (Lipinski definition) is 6. The summed E-state index contributed by atoms with van der Waals surface area (Å²) in [5.41, 5.74) is 14.6. The molecule has 7 rings (SSSR count). The van der Waals surface area contributed by atoms with Gasteiger partial charge >= 0.3 is 0 Å². The van der Waals surface area contributed by atoms with Gasteiger partial charge in [0.25, 0.3) is 11.3 Å². The number of nitrogens with zero attached hydrogens (tertiary/aromatic N) is 8. The van der Waals surface area contributed by atoms with E-state index < -0.39 is 0 Å². The van der Waals surface area contributed by atoms with Crippen molar-refractivity contribution in [2.45, 2.75) is 0 Å². The summed E-state index contributed by atoms with van der Waals surface area (Å²) in [7, 11) is 4.15. The fourth-order valence-corrected chi connectivity index (χ4v) is 5.19. The highest BCUT2D eigenvalue weighted by Gasteiger charge is 2.16. The highest BCUT2D eigenvalue weighted by atomic mass is 15.4. The number of hydrogen-bond donors (Lipinski definition) is 2. The minimum absolute atomic E-state index is 0.364. The number of benzene rings is 2. The van der Waals surface area contributed by atoms with Crippen molar-refractivity contribution in [3.8, 4) is 22.5 Å². The molecule has 0 fully saturated rings. The molecule has 0 aliphatic heterocycles. The Morgan fingerprint density at radius 2 is 1.16 bits per heavy atom. The van der Waals surface area contributed by atoms with Crippen LogP contribution in [-0.4, -0.2) is 31.2 Å². The predicted molar refractivity (Wildman–Crippen MR) is 172 cm³/mol. The lowest BCUT2D eigenvalue weighted by atomic mass is 10.1. The van der Waals surface area contributed by atoms with Gasteiger partial charge in [-0.3, -0.25) is 5.43 Å². The van der Waals surface area contributed by atoms with Crippen molar-refractivity contribution < 1.29 is 9.13 Å². The second kappa shape index (κ2) is 11.6. The zero-order valence-electron chi connectivity index (χ0n) is 24.3. The quantitative estimate of drug-likeness (QED) is 0.153. The van der Waals surface area contributed by atoms with E-state index in [-0.39, 0.29) is 0 Å². The molecular formula is C34H30N10+2. The van der Waals surface area contributed by atoms with Crippen LogP contribution in [0.3, 0.4) is 0 Å². The van der Waals surface area contributed by atoms with Gasteiger partial charge in [-0.15, -0.1) is 0 Å². The summed E-state index contributed by atoms with van der Waals surface area (Å²) in [5.74, 6) is 0.915. The average molecular weight is 579 g/mol. The number of fused-ring (bicyclic) bond motifs is 2. The molecule has 2 N–H and O–H groups in total. The van der Waals surface area contributed by atoms with Crippen LogP contribution in [-0.2, 0) is 14.1 Å². The van der Waals surface area contributed by atoms with E-state index in [9.17, 15) is 0 Å². The van der Waals surface area contributed by atoms with Gasteiger partial charge in [0.05, 0.1) is 38.9 Å². The molecular weight excluding hydrogens is 548 g/mol. The fourth-order valence-electron chi connectivity index (χ4n) is 5.19. The number of aromatic nitrogens is 6. The van der Waals surface area contributed by atoms with Crippen LogP contribution in [0.15, 0.2) is 132 Å². The molecule has 0 spiro atoms. The molecule has 0 amide bonds. The van der Waals surface area contributed by atoms with Crippen molar-refractivity contribution in [2.75, 3.05) is 10.9 Å². The van der Waals surface area contributed by atoms with Crippen molar-refractivity contribution in [1.29, 1.82) is 0 Å². The maximum Gasteiger partial charge on any atom is 0.286 e. The normalized spacial score (nSPS) is 11.7. The maximum atomic E-state index is 4.43. The Balaban J connectivity index is 0.958. The third-order valence-corrected chi connectivity index (χ3v) is 7.51. The third-order valence-electron chi connectivity index (χ3n) is 7.51. The summed E-state index contributed by atoms with van der Waals surface area (Å²) >= 11 is 0. The molecule has 5 heterocycles. The number of imidazole rings is 2. The number of rotatable bonds is 8. The summed E-state index contributed by atoms with van der Waals surface area (Å²) in [5, 5.41) is 8.65. The van der Waals surface area contributed by atoms with Crippen LogP contribution in [0, 0.1) is 0 Å².